The van der Waals surface area contributed by atoms with Crippen molar-refractivity contribution in [2.45, 2.75) is 45.6 Å². The van der Waals surface area contributed by atoms with Crippen LogP contribution in [0.25, 0.3) is 0 Å². The minimum absolute atomic E-state index is 0.0977. The van der Waals surface area contributed by atoms with Crippen molar-refractivity contribution in [3.8, 4) is 0 Å². The van der Waals surface area contributed by atoms with E-state index in [1.54, 1.807) is 6.08 Å². The zero-order valence-electron chi connectivity index (χ0n) is 14.1. The molecule has 1 unspecified atom stereocenters. The average Bonchev–Trinajstić information content (AvgIpc) is 3.04. The molecule has 8 heteroatoms. The molecule has 1 fully saturated rings. The summed E-state index contributed by atoms with van der Waals surface area (Å²) in [5.41, 5.74) is 9.47. The van der Waals surface area contributed by atoms with E-state index in [0.717, 1.165) is 18.6 Å². The molecule has 0 bridgehead atoms. The van der Waals surface area contributed by atoms with Crippen LogP contribution in [-0.4, -0.2) is 45.6 Å². The molecule has 0 heterocycles. The predicted octanol–water partition coefficient (Wildman–Crippen LogP) is 1.21. The van der Waals surface area contributed by atoms with E-state index in [2.05, 4.69) is 0 Å². The molecule has 0 aromatic heterocycles. The number of primary amides is 1. The lowest BCUT2D eigenvalue weighted by molar-refractivity contribution is -0.138. The van der Waals surface area contributed by atoms with Gasteiger partial charge in [-0.25, -0.2) is 4.79 Å². The highest BCUT2D eigenvalue weighted by atomic mass is 32.2. The fourth-order valence-electron chi connectivity index (χ4n) is 2.95. The van der Waals surface area contributed by atoms with Crippen LogP contribution >= 0.6 is 11.8 Å². The first kappa shape index (κ1) is 20.5. The van der Waals surface area contributed by atoms with Crippen LogP contribution in [-0.2, 0) is 14.4 Å². The third-order valence-electron chi connectivity index (χ3n) is 4.55. The van der Waals surface area contributed by atoms with Crippen molar-refractivity contribution in [1.82, 2.24) is 0 Å². The van der Waals surface area contributed by atoms with Crippen LogP contribution in [0.1, 0.15) is 39.5 Å². The van der Waals surface area contributed by atoms with E-state index >= 15 is 0 Å². The normalized spacial score (nSPS) is 23.5. The largest absolute Gasteiger partial charge is 0.480 e. The summed E-state index contributed by atoms with van der Waals surface area (Å²) < 4.78 is 0. The van der Waals surface area contributed by atoms with Crippen LogP contribution in [0.3, 0.4) is 0 Å². The van der Waals surface area contributed by atoms with Gasteiger partial charge < -0.3 is 21.7 Å². The number of hydrogen-bond donors (Lipinski definition) is 4. The Morgan fingerprint density at radius 1 is 1.25 bits per heavy atom. The summed E-state index contributed by atoms with van der Waals surface area (Å²) in [6.07, 6.45) is 4.17. The standard InChI is InChI=1S/C16H26N2O5S/c1-15(2)9-16(15,14(18)23)10(12(19)20)6-4-3-5-7-24-8-11(17)13(21)22/h6,11H,3-5,7-9,17H2,1-2H3,(H2,18,23)(H,19,20)(H,21,22)/t11-,16?/m0/s1. The number of rotatable bonds is 11. The van der Waals surface area contributed by atoms with Gasteiger partial charge in [0.15, 0.2) is 0 Å². The predicted molar refractivity (Wildman–Crippen MR) is 92.5 cm³/mol. The summed E-state index contributed by atoms with van der Waals surface area (Å²) >= 11 is 1.46. The Morgan fingerprint density at radius 2 is 1.83 bits per heavy atom. The molecule has 0 aromatic rings. The maximum Gasteiger partial charge on any atom is 0.332 e. The van der Waals surface area contributed by atoms with Gasteiger partial charge in [-0.15, -0.1) is 0 Å². The SMILES string of the molecule is CC1(C)CC1(C(N)=O)C(=CCCCCSC[C@H](N)C(=O)O)C(=O)O. The molecular weight excluding hydrogens is 332 g/mol. The fraction of sp³-hybridized carbons (Fsp3) is 0.688. The van der Waals surface area contributed by atoms with Crippen molar-refractivity contribution in [3.63, 3.8) is 0 Å². The van der Waals surface area contributed by atoms with Gasteiger partial charge >= 0.3 is 11.9 Å². The highest BCUT2D eigenvalue weighted by molar-refractivity contribution is 7.99. The van der Waals surface area contributed by atoms with Crippen molar-refractivity contribution < 1.29 is 24.6 Å². The molecule has 1 aliphatic rings. The van der Waals surface area contributed by atoms with Crippen molar-refractivity contribution in [2.24, 2.45) is 22.3 Å². The smallest absolute Gasteiger partial charge is 0.332 e. The van der Waals surface area contributed by atoms with Crippen LogP contribution in [0.2, 0.25) is 0 Å². The molecule has 1 amide bonds. The van der Waals surface area contributed by atoms with Crippen molar-refractivity contribution in [1.29, 1.82) is 0 Å². The fourth-order valence-corrected chi connectivity index (χ4v) is 3.92. The lowest BCUT2D eigenvalue weighted by Gasteiger charge is -2.18. The summed E-state index contributed by atoms with van der Waals surface area (Å²) in [5.74, 6) is -1.59. The van der Waals surface area contributed by atoms with Gasteiger partial charge in [0, 0.05) is 11.3 Å². The van der Waals surface area contributed by atoms with Gasteiger partial charge in [0.2, 0.25) is 5.91 Å². The Kier molecular flexibility index (Phi) is 6.86. The van der Waals surface area contributed by atoms with Crippen molar-refractivity contribution in [2.75, 3.05) is 11.5 Å². The number of carboxylic acid groups (broad SMARTS) is 2. The van der Waals surface area contributed by atoms with E-state index in [0.29, 0.717) is 18.6 Å². The molecule has 0 spiro atoms. The highest BCUT2D eigenvalue weighted by Crippen LogP contribution is 2.67. The first-order chi connectivity index (χ1) is 11.1. The zero-order valence-corrected chi connectivity index (χ0v) is 14.9. The molecule has 0 radical (unpaired) electrons. The molecule has 6 N–H and O–H groups in total. The van der Waals surface area contributed by atoms with Gasteiger partial charge in [-0.05, 0) is 36.9 Å². The first-order valence-corrected chi connectivity index (χ1v) is 9.01. The number of amides is 1. The summed E-state index contributed by atoms with van der Waals surface area (Å²) in [6, 6.07) is -0.860. The van der Waals surface area contributed by atoms with Crippen LogP contribution in [0, 0.1) is 10.8 Å². The van der Waals surface area contributed by atoms with E-state index < -0.39 is 34.7 Å². The van der Waals surface area contributed by atoms with E-state index in [1.165, 1.54) is 11.8 Å². The van der Waals surface area contributed by atoms with Gasteiger partial charge in [-0.2, -0.15) is 11.8 Å². The van der Waals surface area contributed by atoms with E-state index in [9.17, 15) is 19.5 Å². The second kappa shape index (κ2) is 8.02. The zero-order chi connectivity index (χ0) is 18.5. The minimum Gasteiger partial charge on any atom is -0.480 e. The lowest BCUT2D eigenvalue weighted by Crippen LogP contribution is -2.33. The molecule has 7 nitrogen and oxygen atoms in total. The number of carboxylic acids is 2. The quantitative estimate of drug-likeness (QED) is 0.321. The molecular formula is C16H26N2O5S. The minimum atomic E-state index is -1.10. The van der Waals surface area contributed by atoms with Crippen molar-refractivity contribution >= 4 is 29.6 Å². The highest BCUT2D eigenvalue weighted by Gasteiger charge is 2.68. The van der Waals surface area contributed by atoms with Crippen LogP contribution in [0.15, 0.2) is 11.6 Å². The van der Waals surface area contributed by atoms with E-state index in [-0.39, 0.29) is 5.57 Å². The molecule has 0 saturated heterocycles. The summed E-state index contributed by atoms with van der Waals surface area (Å²) in [7, 11) is 0. The number of thioether (sulfide) groups is 1. The number of nitrogens with two attached hydrogens (primary N) is 2. The van der Waals surface area contributed by atoms with Gasteiger partial charge in [-0.1, -0.05) is 19.9 Å². The molecule has 1 saturated carbocycles. The van der Waals surface area contributed by atoms with Gasteiger partial charge in [0.25, 0.3) is 0 Å². The number of unbranched alkanes of at least 4 members (excludes halogenated alkanes) is 2. The topological polar surface area (TPSA) is 144 Å². The third kappa shape index (κ3) is 4.51. The molecule has 1 rings (SSSR count). The molecule has 24 heavy (non-hydrogen) atoms. The van der Waals surface area contributed by atoms with Crippen LogP contribution in [0.4, 0.5) is 0 Å². The number of carbonyl (C=O) groups excluding carboxylic acids is 1. The van der Waals surface area contributed by atoms with Gasteiger partial charge in [0.1, 0.15) is 6.04 Å². The Balaban J connectivity index is 2.48. The van der Waals surface area contributed by atoms with Crippen LogP contribution in [0.5, 0.6) is 0 Å². The lowest BCUT2D eigenvalue weighted by atomic mass is 9.86. The Morgan fingerprint density at radius 3 is 2.25 bits per heavy atom. The molecule has 0 aliphatic heterocycles. The number of aliphatic carboxylic acids is 2. The Labute approximate surface area is 145 Å². The monoisotopic (exact) mass is 358 g/mol. The summed E-state index contributed by atoms with van der Waals surface area (Å²) in [4.78, 5) is 33.9. The first-order valence-electron chi connectivity index (χ1n) is 7.86. The molecule has 0 aromatic carbocycles. The molecule has 136 valence electrons. The summed E-state index contributed by atoms with van der Waals surface area (Å²) in [6.45, 7) is 3.69. The van der Waals surface area contributed by atoms with Crippen molar-refractivity contribution in [3.05, 3.63) is 11.6 Å². The summed E-state index contributed by atoms with van der Waals surface area (Å²) in [5, 5.41) is 18.1. The van der Waals surface area contributed by atoms with E-state index in [4.69, 9.17) is 16.6 Å². The van der Waals surface area contributed by atoms with Gasteiger partial charge in [-0.3, -0.25) is 9.59 Å². The van der Waals surface area contributed by atoms with Gasteiger partial charge in [0.05, 0.1) is 5.41 Å². The number of hydrogen-bond acceptors (Lipinski definition) is 5. The number of carbonyl (C=O) groups is 3. The van der Waals surface area contributed by atoms with E-state index in [1.807, 2.05) is 13.8 Å². The third-order valence-corrected chi connectivity index (χ3v) is 5.73. The number of allylic oxidation sites excluding steroid dienone is 1. The second-order valence-electron chi connectivity index (χ2n) is 6.77. The second-order valence-corrected chi connectivity index (χ2v) is 7.92. The maximum atomic E-state index is 11.8. The molecule has 2 atom stereocenters. The Bertz CT molecular complexity index is 547. The maximum absolute atomic E-state index is 11.8. The molecule has 1 aliphatic carbocycles. The average molecular weight is 358 g/mol. The van der Waals surface area contributed by atoms with Crippen LogP contribution < -0.4 is 11.5 Å². The Hall–Kier alpha value is -1.54.